The molecule has 2 fully saturated rings. The number of fused-ring (bicyclic) bond motifs is 1. The van der Waals surface area contributed by atoms with E-state index < -0.39 is 53.8 Å². The molecule has 1 saturated heterocycles. The number of Topliss-reactive ketones (excluding diaryl/α,β-unsaturated/α-hetero) is 1. The van der Waals surface area contributed by atoms with Crippen LogP contribution in [0, 0.1) is 0 Å². The van der Waals surface area contributed by atoms with Crippen molar-refractivity contribution >= 4 is 11.8 Å². The van der Waals surface area contributed by atoms with Gasteiger partial charge in [-0.15, -0.1) is 0 Å². The Kier molecular flexibility index (Phi) is 4.82. The number of nitrogens with one attached hydrogen (secondary N) is 1. The Labute approximate surface area is 147 Å². The number of ketones is 1. The summed E-state index contributed by atoms with van der Waals surface area (Å²) in [4.78, 5) is 48.6. The minimum absolute atomic E-state index is 0.0441. The number of aliphatic hydroxyl groups is 1. The lowest BCUT2D eigenvalue weighted by Gasteiger charge is -2.28. The molecule has 1 aromatic heterocycles. The molecule has 1 aliphatic heterocycles. The highest BCUT2D eigenvalue weighted by Crippen LogP contribution is 2.61. The maximum Gasteiger partial charge on any atom is 0.328 e. The Bertz CT molecular complexity index is 830. The number of H-pyrrole nitrogens is 1. The molecular formula is C16H20N2O8. The van der Waals surface area contributed by atoms with Gasteiger partial charge in [0.2, 0.25) is 0 Å². The van der Waals surface area contributed by atoms with Gasteiger partial charge in [0.05, 0.1) is 13.0 Å². The summed E-state index contributed by atoms with van der Waals surface area (Å²) in [6.45, 7) is 0.966. The molecule has 3 rings (SSSR count). The van der Waals surface area contributed by atoms with Crippen molar-refractivity contribution in [2.24, 2.45) is 0 Å². The van der Waals surface area contributed by atoms with Crippen molar-refractivity contribution in [3.63, 3.8) is 0 Å². The second kappa shape index (κ2) is 6.78. The molecule has 10 heteroatoms. The molecular weight excluding hydrogens is 348 g/mol. The van der Waals surface area contributed by atoms with E-state index in [1.54, 1.807) is 0 Å². The number of rotatable bonds is 7. The molecule has 2 heterocycles. The second-order valence-corrected chi connectivity index (χ2v) is 6.41. The van der Waals surface area contributed by atoms with Gasteiger partial charge >= 0.3 is 11.7 Å². The molecule has 10 nitrogen and oxygen atoms in total. The van der Waals surface area contributed by atoms with Crippen LogP contribution >= 0.6 is 0 Å². The molecule has 0 bridgehead atoms. The fourth-order valence-electron chi connectivity index (χ4n) is 3.54. The fraction of sp³-hybridized carbons (Fsp3) is 0.625. The molecule has 142 valence electrons. The molecule has 5 atom stereocenters. The van der Waals surface area contributed by atoms with Crippen LogP contribution in [0.25, 0.3) is 0 Å². The highest BCUT2D eigenvalue weighted by Gasteiger charge is 2.80. The number of esters is 1. The lowest BCUT2D eigenvalue weighted by atomic mass is 10.1. The average Bonchev–Trinajstić information content (AvgIpc) is 3.12. The van der Waals surface area contributed by atoms with E-state index in [9.17, 15) is 24.3 Å². The van der Waals surface area contributed by atoms with E-state index in [2.05, 4.69) is 4.98 Å². The first-order chi connectivity index (χ1) is 12.3. The topological polar surface area (TPSA) is 137 Å². The quantitative estimate of drug-likeness (QED) is 0.556. The standard InChI is InChI=1S/C16H20N2O8/c1-8(20)3-4-11(22)26-13-9(7-19)25-14-12(16(13,14)24-2)18-6-5-10(21)17-15(18)23/h5-6,9,12-14,19H,3-4,7H2,1-2H3,(H,17,21,23). The summed E-state index contributed by atoms with van der Waals surface area (Å²) in [6, 6.07) is 0.571. The summed E-state index contributed by atoms with van der Waals surface area (Å²) in [6.07, 6.45) is -1.13. The number of carbonyl (C=O) groups is 2. The largest absolute Gasteiger partial charge is 0.456 e. The summed E-state index contributed by atoms with van der Waals surface area (Å²) in [5.74, 6) is -0.768. The van der Waals surface area contributed by atoms with Crippen LogP contribution in [-0.4, -0.2) is 64.0 Å². The summed E-state index contributed by atoms with van der Waals surface area (Å²) in [7, 11) is 1.39. The first kappa shape index (κ1) is 18.5. The highest BCUT2D eigenvalue weighted by molar-refractivity contribution is 5.81. The number of hydrogen-bond acceptors (Lipinski definition) is 8. The Morgan fingerprint density at radius 1 is 1.38 bits per heavy atom. The van der Waals surface area contributed by atoms with Gasteiger partial charge < -0.3 is 24.1 Å². The number of methoxy groups -OCH3 is 1. The number of aliphatic hydroxyl groups excluding tert-OH is 1. The monoisotopic (exact) mass is 368 g/mol. The summed E-state index contributed by atoms with van der Waals surface area (Å²) < 4.78 is 18.0. The van der Waals surface area contributed by atoms with Gasteiger partial charge in [0.15, 0.2) is 11.7 Å². The van der Waals surface area contributed by atoms with Gasteiger partial charge in [0.25, 0.3) is 5.56 Å². The third-order valence-corrected chi connectivity index (χ3v) is 4.81. The van der Waals surface area contributed by atoms with Gasteiger partial charge in [-0.05, 0) is 6.92 Å². The molecule has 0 spiro atoms. The molecule has 5 unspecified atom stereocenters. The Morgan fingerprint density at radius 2 is 2.12 bits per heavy atom. The highest BCUT2D eigenvalue weighted by atomic mass is 16.7. The number of ether oxygens (including phenoxy) is 3. The number of aromatic amines is 1. The molecule has 0 amide bonds. The van der Waals surface area contributed by atoms with E-state index in [1.807, 2.05) is 0 Å². The van der Waals surface area contributed by atoms with E-state index in [1.165, 1.54) is 30.9 Å². The molecule has 1 saturated carbocycles. The summed E-state index contributed by atoms with van der Waals surface area (Å²) in [5.41, 5.74) is -2.33. The minimum Gasteiger partial charge on any atom is -0.456 e. The Morgan fingerprint density at radius 3 is 2.69 bits per heavy atom. The average molecular weight is 368 g/mol. The van der Waals surface area contributed by atoms with Crippen molar-refractivity contribution in [3.05, 3.63) is 33.1 Å². The van der Waals surface area contributed by atoms with E-state index in [0.29, 0.717) is 0 Å². The van der Waals surface area contributed by atoms with Gasteiger partial charge in [0.1, 0.15) is 24.0 Å². The molecule has 0 aromatic carbocycles. The van der Waals surface area contributed by atoms with Crippen LogP contribution in [0.5, 0.6) is 0 Å². The summed E-state index contributed by atoms with van der Waals surface area (Å²) in [5, 5.41) is 9.52. The predicted molar refractivity (Wildman–Crippen MR) is 85.6 cm³/mol. The number of hydrogen-bond donors (Lipinski definition) is 2. The number of nitrogens with zero attached hydrogens (tertiary/aromatic N) is 1. The molecule has 1 aromatic rings. The van der Waals surface area contributed by atoms with Crippen molar-refractivity contribution in [2.45, 2.75) is 49.7 Å². The first-order valence-electron chi connectivity index (χ1n) is 8.17. The zero-order valence-corrected chi connectivity index (χ0v) is 14.3. The van der Waals surface area contributed by atoms with Crippen LogP contribution in [-0.2, 0) is 23.8 Å². The second-order valence-electron chi connectivity index (χ2n) is 6.41. The van der Waals surface area contributed by atoms with Crippen LogP contribution in [0.4, 0.5) is 0 Å². The molecule has 2 N–H and O–H groups in total. The normalized spacial score (nSPS) is 32.1. The van der Waals surface area contributed by atoms with E-state index in [0.717, 1.165) is 0 Å². The van der Waals surface area contributed by atoms with Gasteiger partial charge in [-0.2, -0.15) is 0 Å². The zero-order valence-electron chi connectivity index (χ0n) is 14.3. The van der Waals surface area contributed by atoms with Crippen LogP contribution in [0.15, 0.2) is 21.9 Å². The van der Waals surface area contributed by atoms with Gasteiger partial charge in [-0.1, -0.05) is 0 Å². The third-order valence-electron chi connectivity index (χ3n) is 4.81. The predicted octanol–water partition coefficient (Wildman–Crippen LogP) is -1.48. The first-order valence-corrected chi connectivity index (χ1v) is 8.17. The van der Waals surface area contributed by atoms with Gasteiger partial charge in [-0.25, -0.2) is 4.79 Å². The number of aromatic nitrogens is 2. The van der Waals surface area contributed by atoms with Crippen LogP contribution < -0.4 is 11.2 Å². The fourth-order valence-corrected chi connectivity index (χ4v) is 3.54. The van der Waals surface area contributed by atoms with Crippen molar-refractivity contribution in [2.75, 3.05) is 13.7 Å². The van der Waals surface area contributed by atoms with E-state index >= 15 is 0 Å². The minimum atomic E-state index is -1.15. The van der Waals surface area contributed by atoms with Gasteiger partial charge in [-0.3, -0.25) is 19.1 Å². The Hall–Kier alpha value is -2.30. The van der Waals surface area contributed by atoms with Crippen molar-refractivity contribution in [1.29, 1.82) is 0 Å². The molecule has 2 aliphatic rings. The van der Waals surface area contributed by atoms with Gasteiger partial charge in [0, 0.05) is 25.8 Å². The van der Waals surface area contributed by atoms with Crippen LogP contribution in [0.1, 0.15) is 25.8 Å². The lowest BCUT2D eigenvalue weighted by Crippen LogP contribution is -2.45. The lowest BCUT2D eigenvalue weighted by molar-refractivity contribution is -0.165. The molecule has 1 aliphatic carbocycles. The zero-order chi connectivity index (χ0) is 19.1. The smallest absolute Gasteiger partial charge is 0.328 e. The van der Waals surface area contributed by atoms with E-state index in [4.69, 9.17) is 14.2 Å². The van der Waals surface area contributed by atoms with Crippen LogP contribution in [0.3, 0.4) is 0 Å². The van der Waals surface area contributed by atoms with Crippen molar-refractivity contribution in [3.8, 4) is 0 Å². The maximum atomic E-state index is 12.1. The molecule has 26 heavy (non-hydrogen) atoms. The Balaban J connectivity index is 1.85. The SMILES string of the molecule is COC12C(OC(=O)CCC(C)=O)C(CO)OC1C2n1ccc(=O)[nH]c1=O. The third kappa shape index (κ3) is 2.89. The van der Waals surface area contributed by atoms with Crippen molar-refractivity contribution < 1.29 is 28.9 Å². The summed E-state index contributed by atoms with van der Waals surface area (Å²) >= 11 is 0. The van der Waals surface area contributed by atoms with Crippen molar-refractivity contribution in [1.82, 2.24) is 9.55 Å². The maximum absolute atomic E-state index is 12.1. The number of carbonyl (C=O) groups excluding carboxylic acids is 2. The molecule has 0 radical (unpaired) electrons. The van der Waals surface area contributed by atoms with Crippen LogP contribution in [0.2, 0.25) is 0 Å². The van der Waals surface area contributed by atoms with E-state index in [-0.39, 0.29) is 18.6 Å².